The zero-order valence-electron chi connectivity index (χ0n) is 18.6. The van der Waals surface area contributed by atoms with Gasteiger partial charge in [0, 0.05) is 12.2 Å². The van der Waals surface area contributed by atoms with Gasteiger partial charge in [0.1, 0.15) is 18.1 Å². The highest BCUT2D eigenvalue weighted by atomic mass is 32.2. The molecular formula is C19H35N5O6S2. The second-order valence-electron chi connectivity index (χ2n) is 7.73. The summed E-state index contributed by atoms with van der Waals surface area (Å²) < 4.78 is 0. The third-order valence-corrected chi connectivity index (χ3v) is 5.43. The van der Waals surface area contributed by atoms with E-state index < -0.39 is 53.8 Å². The molecule has 0 aromatic heterocycles. The van der Waals surface area contributed by atoms with E-state index in [0.717, 1.165) is 0 Å². The zero-order chi connectivity index (χ0) is 24.8. The number of hydrogen-bond donors (Lipinski definition) is 7. The normalized spacial score (nSPS) is 14.7. The highest BCUT2D eigenvalue weighted by molar-refractivity contribution is 7.98. The van der Waals surface area contributed by atoms with Gasteiger partial charge in [0.15, 0.2) is 0 Å². The summed E-state index contributed by atoms with van der Waals surface area (Å²) in [5, 5.41) is 16.5. The molecule has 0 aliphatic heterocycles. The first-order valence-corrected chi connectivity index (χ1v) is 12.2. The Morgan fingerprint density at radius 1 is 0.938 bits per heavy atom. The van der Waals surface area contributed by atoms with Crippen LogP contribution in [0.25, 0.3) is 0 Å². The molecule has 0 saturated heterocycles. The monoisotopic (exact) mass is 493 g/mol. The van der Waals surface area contributed by atoms with E-state index in [4.69, 9.17) is 16.6 Å². The molecule has 8 N–H and O–H groups in total. The van der Waals surface area contributed by atoms with Crippen LogP contribution in [0.1, 0.15) is 39.5 Å². The van der Waals surface area contributed by atoms with Crippen molar-refractivity contribution in [3.05, 3.63) is 0 Å². The first-order valence-electron chi connectivity index (χ1n) is 10.2. The summed E-state index contributed by atoms with van der Waals surface area (Å²) in [6.45, 7) is 3.66. The summed E-state index contributed by atoms with van der Waals surface area (Å²) in [5.74, 6) is -3.35. The molecule has 0 saturated carbocycles. The van der Waals surface area contributed by atoms with E-state index in [1.807, 2.05) is 20.1 Å². The molecule has 0 fully saturated rings. The summed E-state index contributed by atoms with van der Waals surface area (Å²) in [4.78, 5) is 60.3. The van der Waals surface area contributed by atoms with Crippen LogP contribution in [0.4, 0.5) is 0 Å². The SMILES string of the molecule is CSCCC(N)C(=O)NC(CCC(N)=O)C(=O)NC(CC(C)C)C(=O)NC(CS)C(=O)O. The molecule has 4 amide bonds. The van der Waals surface area contributed by atoms with E-state index in [1.165, 1.54) is 11.8 Å². The molecule has 0 heterocycles. The average Bonchev–Trinajstić information content (AvgIpc) is 2.71. The van der Waals surface area contributed by atoms with Gasteiger partial charge in [0.05, 0.1) is 6.04 Å². The van der Waals surface area contributed by atoms with Crippen LogP contribution in [-0.4, -0.2) is 76.6 Å². The number of carboxylic acids is 1. The van der Waals surface area contributed by atoms with E-state index in [0.29, 0.717) is 12.2 Å². The first-order chi connectivity index (χ1) is 14.9. The van der Waals surface area contributed by atoms with Crippen molar-refractivity contribution < 1.29 is 29.1 Å². The van der Waals surface area contributed by atoms with Gasteiger partial charge in [-0.25, -0.2) is 4.79 Å². The van der Waals surface area contributed by atoms with Crippen molar-refractivity contribution in [3.63, 3.8) is 0 Å². The molecule has 0 radical (unpaired) electrons. The lowest BCUT2D eigenvalue weighted by Gasteiger charge is -2.25. The summed E-state index contributed by atoms with van der Waals surface area (Å²) in [6.07, 6.45) is 2.25. The first kappa shape index (κ1) is 30.0. The number of rotatable bonds is 16. The van der Waals surface area contributed by atoms with E-state index >= 15 is 0 Å². The van der Waals surface area contributed by atoms with Gasteiger partial charge in [-0.15, -0.1) is 0 Å². The maximum Gasteiger partial charge on any atom is 0.327 e. The number of thioether (sulfide) groups is 1. The standard InChI is InChI=1S/C19H35N5O6S2/c1-10(2)8-13(18(28)24-14(9-31)19(29)30)23-17(27)12(4-5-15(21)25)22-16(26)11(20)6-7-32-3/h10-14,31H,4-9,20H2,1-3H3,(H2,21,25)(H,22,26)(H,23,27)(H,24,28)(H,29,30). The van der Waals surface area contributed by atoms with Crippen LogP contribution >= 0.6 is 24.4 Å². The van der Waals surface area contributed by atoms with Gasteiger partial charge >= 0.3 is 5.97 Å². The molecule has 0 aromatic carbocycles. The maximum absolute atomic E-state index is 12.9. The summed E-state index contributed by atoms with van der Waals surface area (Å²) in [5.41, 5.74) is 11.0. The van der Waals surface area contributed by atoms with Crippen molar-refractivity contribution in [2.45, 2.75) is 63.7 Å². The number of primary amides is 1. The number of thiol groups is 1. The minimum atomic E-state index is -1.26. The van der Waals surface area contributed by atoms with Crippen LogP contribution in [0.3, 0.4) is 0 Å². The molecule has 0 spiro atoms. The van der Waals surface area contributed by atoms with Crippen molar-refractivity contribution in [2.24, 2.45) is 17.4 Å². The van der Waals surface area contributed by atoms with Crippen LogP contribution in [-0.2, 0) is 24.0 Å². The Balaban J connectivity index is 5.43. The lowest BCUT2D eigenvalue weighted by Crippen LogP contribution is -2.57. The fraction of sp³-hybridized carbons (Fsp3) is 0.737. The Morgan fingerprint density at radius 2 is 1.47 bits per heavy atom. The largest absolute Gasteiger partial charge is 0.480 e. The minimum absolute atomic E-state index is 0.0102. The van der Waals surface area contributed by atoms with Gasteiger partial charge in [0.2, 0.25) is 23.6 Å². The van der Waals surface area contributed by atoms with Crippen LogP contribution in [0.5, 0.6) is 0 Å². The molecule has 11 nitrogen and oxygen atoms in total. The predicted octanol–water partition coefficient (Wildman–Crippen LogP) is -1.15. The molecule has 0 rings (SSSR count). The zero-order valence-corrected chi connectivity index (χ0v) is 20.3. The predicted molar refractivity (Wildman–Crippen MR) is 126 cm³/mol. The lowest BCUT2D eigenvalue weighted by molar-refractivity contribution is -0.141. The smallest absolute Gasteiger partial charge is 0.327 e. The maximum atomic E-state index is 12.9. The summed E-state index contributed by atoms with van der Waals surface area (Å²) in [6, 6.07) is -4.26. The fourth-order valence-corrected chi connectivity index (χ4v) is 3.38. The van der Waals surface area contributed by atoms with Gasteiger partial charge in [-0.05, 0) is 37.2 Å². The molecule has 0 bridgehead atoms. The van der Waals surface area contributed by atoms with E-state index in [9.17, 15) is 24.0 Å². The second kappa shape index (κ2) is 15.8. The van der Waals surface area contributed by atoms with Gasteiger partial charge in [-0.3, -0.25) is 19.2 Å². The number of nitrogens with two attached hydrogens (primary N) is 2. The van der Waals surface area contributed by atoms with Crippen LogP contribution < -0.4 is 27.4 Å². The lowest BCUT2D eigenvalue weighted by atomic mass is 10.0. The molecule has 0 aromatic rings. The minimum Gasteiger partial charge on any atom is -0.480 e. The molecule has 4 unspecified atom stereocenters. The number of carbonyl (C=O) groups excluding carboxylic acids is 4. The van der Waals surface area contributed by atoms with E-state index in [1.54, 1.807) is 0 Å². The molecule has 32 heavy (non-hydrogen) atoms. The molecular weight excluding hydrogens is 458 g/mol. The fourth-order valence-electron chi connectivity index (χ4n) is 2.64. The second-order valence-corrected chi connectivity index (χ2v) is 9.08. The van der Waals surface area contributed by atoms with Crippen molar-refractivity contribution in [1.29, 1.82) is 0 Å². The summed E-state index contributed by atoms with van der Waals surface area (Å²) >= 11 is 5.43. The third kappa shape index (κ3) is 12.2. The van der Waals surface area contributed by atoms with E-state index in [-0.39, 0.29) is 30.9 Å². The van der Waals surface area contributed by atoms with Gasteiger partial charge < -0.3 is 32.5 Å². The Morgan fingerprint density at radius 3 is 1.94 bits per heavy atom. The van der Waals surface area contributed by atoms with E-state index in [2.05, 4.69) is 28.6 Å². The number of nitrogens with one attached hydrogen (secondary N) is 3. The van der Waals surface area contributed by atoms with Crippen molar-refractivity contribution in [1.82, 2.24) is 16.0 Å². The molecule has 0 aliphatic rings. The topological polar surface area (TPSA) is 194 Å². The van der Waals surface area contributed by atoms with Crippen LogP contribution in [0.2, 0.25) is 0 Å². The van der Waals surface area contributed by atoms with Gasteiger partial charge in [0.25, 0.3) is 0 Å². The Labute approximate surface area is 198 Å². The molecule has 13 heteroatoms. The summed E-state index contributed by atoms with van der Waals surface area (Å²) in [7, 11) is 0. The number of carboxylic acid groups (broad SMARTS) is 1. The number of hydrogen-bond acceptors (Lipinski definition) is 8. The Kier molecular flexibility index (Phi) is 14.8. The highest BCUT2D eigenvalue weighted by Gasteiger charge is 2.30. The average molecular weight is 494 g/mol. The molecule has 0 aliphatic carbocycles. The van der Waals surface area contributed by atoms with Gasteiger partial charge in [-0.2, -0.15) is 24.4 Å². The van der Waals surface area contributed by atoms with Crippen molar-refractivity contribution >= 4 is 54.0 Å². The van der Waals surface area contributed by atoms with Gasteiger partial charge in [-0.1, -0.05) is 13.8 Å². The van der Waals surface area contributed by atoms with Crippen LogP contribution in [0, 0.1) is 5.92 Å². The third-order valence-electron chi connectivity index (χ3n) is 4.42. The molecule has 184 valence electrons. The quantitative estimate of drug-likeness (QED) is 0.131. The highest BCUT2D eigenvalue weighted by Crippen LogP contribution is 2.08. The number of carbonyl (C=O) groups is 5. The Hall–Kier alpha value is -1.99. The van der Waals surface area contributed by atoms with Crippen molar-refractivity contribution in [3.8, 4) is 0 Å². The Bertz CT molecular complexity index is 664. The number of amides is 4. The number of aliphatic carboxylic acids is 1. The molecule has 4 atom stereocenters. The van der Waals surface area contributed by atoms with Crippen LogP contribution in [0.15, 0.2) is 0 Å². The van der Waals surface area contributed by atoms with Crippen molar-refractivity contribution in [2.75, 3.05) is 17.8 Å².